The maximum atomic E-state index is 2.80. The molecule has 0 aromatic heterocycles. The minimum atomic E-state index is 0.358. The molecule has 0 aromatic rings. The van der Waals surface area contributed by atoms with E-state index in [2.05, 4.69) is 63.2 Å². The SMILES string of the molecule is C[C@H]1CN(CC(C)(C)C)CCC1N1CC2(C1)CN(C(C)(C)C)C2. The maximum Gasteiger partial charge on any atom is 0.0212 e. The molecule has 3 rings (SSSR count). The fraction of sp³-hybridized carbons (Fsp3) is 1.00. The van der Waals surface area contributed by atoms with Crippen molar-refractivity contribution >= 4 is 0 Å². The molecule has 0 bridgehead atoms. The van der Waals surface area contributed by atoms with Gasteiger partial charge in [0, 0.05) is 56.3 Å². The van der Waals surface area contributed by atoms with Gasteiger partial charge in [-0.1, -0.05) is 27.7 Å². The zero-order chi connectivity index (χ0) is 17.0. The van der Waals surface area contributed by atoms with Gasteiger partial charge in [-0.15, -0.1) is 0 Å². The van der Waals surface area contributed by atoms with Crippen LogP contribution in [0, 0.1) is 16.7 Å². The van der Waals surface area contributed by atoms with Crippen molar-refractivity contribution in [3.8, 4) is 0 Å². The van der Waals surface area contributed by atoms with Crippen LogP contribution >= 0.6 is 0 Å². The Labute approximate surface area is 144 Å². The minimum Gasteiger partial charge on any atom is -0.302 e. The van der Waals surface area contributed by atoms with Gasteiger partial charge in [0.1, 0.15) is 0 Å². The summed E-state index contributed by atoms with van der Waals surface area (Å²) >= 11 is 0. The Morgan fingerprint density at radius 3 is 2.04 bits per heavy atom. The van der Waals surface area contributed by atoms with Crippen LogP contribution in [0.4, 0.5) is 0 Å². The minimum absolute atomic E-state index is 0.358. The van der Waals surface area contributed by atoms with E-state index in [0.717, 1.165) is 12.0 Å². The summed E-state index contributed by atoms with van der Waals surface area (Å²) in [5.74, 6) is 0.822. The van der Waals surface area contributed by atoms with Gasteiger partial charge < -0.3 is 4.90 Å². The molecule has 3 heteroatoms. The van der Waals surface area contributed by atoms with Crippen molar-refractivity contribution in [2.75, 3.05) is 45.8 Å². The van der Waals surface area contributed by atoms with Crippen molar-refractivity contribution < 1.29 is 0 Å². The van der Waals surface area contributed by atoms with Crippen LogP contribution in [0.2, 0.25) is 0 Å². The maximum absolute atomic E-state index is 2.80. The standard InChI is InChI=1S/C20H39N3/c1-16-10-21(11-18(2,3)4)9-8-17(16)22-12-20(13-22)14-23(15-20)19(5,6)7/h16-17H,8-15H2,1-7H3/t16-,17?/m0/s1. The van der Waals surface area contributed by atoms with Gasteiger partial charge in [-0.25, -0.2) is 0 Å². The van der Waals surface area contributed by atoms with Crippen LogP contribution in [-0.4, -0.2) is 72.1 Å². The van der Waals surface area contributed by atoms with E-state index in [1.165, 1.54) is 52.2 Å². The lowest BCUT2D eigenvalue weighted by molar-refractivity contribution is -0.166. The van der Waals surface area contributed by atoms with Crippen molar-refractivity contribution in [2.45, 2.75) is 66.5 Å². The molecular weight excluding hydrogens is 282 g/mol. The second kappa shape index (κ2) is 5.71. The number of hydrogen-bond donors (Lipinski definition) is 0. The molecule has 1 unspecified atom stereocenters. The predicted octanol–water partition coefficient (Wildman–Crippen LogP) is 3.16. The molecule has 23 heavy (non-hydrogen) atoms. The van der Waals surface area contributed by atoms with Gasteiger partial charge >= 0.3 is 0 Å². The van der Waals surface area contributed by atoms with Crippen molar-refractivity contribution in [3.05, 3.63) is 0 Å². The summed E-state index contributed by atoms with van der Waals surface area (Å²) in [6.45, 7) is 25.8. The van der Waals surface area contributed by atoms with Crippen LogP contribution in [0.25, 0.3) is 0 Å². The molecule has 3 aliphatic rings. The third-order valence-electron chi connectivity index (χ3n) is 6.19. The molecule has 0 aliphatic carbocycles. The summed E-state index contributed by atoms with van der Waals surface area (Å²) in [6, 6.07) is 0.834. The fourth-order valence-corrected chi connectivity index (χ4v) is 5.06. The molecule has 0 N–H and O–H groups in total. The number of hydrogen-bond acceptors (Lipinski definition) is 3. The van der Waals surface area contributed by atoms with Gasteiger partial charge in [0.25, 0.3) is 0 Å². The lowest BCUT2D eigenvalue weighted by atomic mass is 9.69. The number of rotatable bonds is 2. The average molecular weight is 322 g/mol. The lowest BCUT2D eigenvalue weighted by Gasteiger charge is -2.66. The predicted molar refractivity (Wildman–Crippen MR) is 98.8 cm³/mol. The Bertz CT molecular complexity index is 417. The largest absolute Gasteiger partial charge is 0.302 e. The Morgan fingerprint density at radius 2 is 1.57 bits per heavy atom. The van der Waals surface area contributed by atoms with Gasteiger partial charge in [-0.2, -0.15) is 0 Å². The average Bonchev–Trinajstić information content (AvgIpc) is 2.23. The Kier molecular flexibility index (Phi) is 4.39. The molecule has 0 amide bonds. The monoisotopic (exact) mass is 321 g/mol. The first kappa shape index (κ1) is 17.7. The van der Waals surface area contributed by atoms with E-state index >= 15 is 0 Å². The smallest absolute Gasteiger partial charge is 0.0212 e. The first-order valence-corrected chi connectivity index (χ1v) is 9.69. The van der Waals surface area contributed by atoms with Gasteiger partial charge in [0.15, 0.2) is 0 Å². The third-order valence-corrected chi connectivity index (χ3v) is 6.19. The highest BCUT2D eigenvalue weighted by atomic mass is 15.4. The van der Waals surface area contributed by atoms with E-state index in [4.69, 9.17) is 0 Å². The van der Waals surface area contributed by atoms with E-state index in [0.29, 0.717) is 16.4 Å². The topological polar surface area (TPSA) is 9.72 Å². The first-order chi connectivity index (χ1) is 10.5. The summed E-state index contributed by atoms with van der Waals surface area (Å²) in [7, 11) is 0. The molecule has 3 saturated heterocycles. The number of nitrogens with zero attached hydrogens (tertiary/aromatic N) is 3. The zero-order valence-corrected chi connectivity index (χ0v) is 16.7. The van der Waals surface area contributed by atoms with Crippen molar-refractivity contribution in [1.29, 1.82) is 0 Å². The summed E-state index contributed by atoms with van der Waals surface area (Å²) in [5.41, 5.74) is 1.43. The van der Waals surface area contributed by atoms with E-state index in [9.17, 15) is 0 Å². The molecule has 1 spiro atoms. The molecule has 134 valence electrons. The summed E-state index contributed by atoms with van der Waals surface area (Å²) < 4.78 is 0. The highest BCUT2D eigenvalue weighted by Gasteiger charge is 2.55. The molecule has 2 atom stereocenters. The van der Waals surface area contributed by atoms with E-state index in [-0.39, 0.29) is 0 Å². The molecule has 3 aliphatic heterocycles. The van der Waals surface area contributed by atoms with Crippen LogP contribution in [0.15, 0.2) is 0 Å². The molecule has 0 aromatic carbocycles. The van der Waals surface area contributed by atoms with Crippen LogP contribution in [0.3, 0.4) is 0 Å². The first-order valence-electron chi connectivity index (χ1n) is 9.69. The molecule has 3 fully saturated rings. The van der Waals surface area contributed by atoms with Gasteiger partial charge in [-0.05, 0) is 45.1 Å². The summed E-state index contributed by atoms with van der Waals surface area (Å²) in [4.78, 5) is 8.15. The Balaban J connectivity index is 1.45. The number of piperidine rings is 1. The van der Waals surface area contributed by atoms with Crippen molar-refractivity contribution in [2.24, 2.45) is 16.7 Å². The molecule has 3 nitrogen and oxygen atoms in total. The van der Waals surface area contributed by atoms with Crippen LogP contribution in [0.1, 0.15) is 54.9 Å². The summed E-state index contributed by atoms with van der Waals surface area (Å²) in [6.07, 6.45) is 1.37. The highest BCUT2D eigenvalue weighted by Crippen LogP contribution is 2.45. The third kappa shape index (κ3) is 3.77. The second-order valence-corrected chi connectivity index (χ2v) is 11.1. The highest BCUT2D eigenvalue weighted by molar-refractivity contribution is 5.10. The van der Waals surface area contributed by atoms with Crippen molar-refractivity contribution in [3.63, 3.8) is 0 Å². The summed E-state index contributed by atoms with van der Waals surface area (Å²) in [5, 5.41) is 0. The Hall–Kier alpha value is -0.120. The molecular formula is C20H39N3. The quantitative estimate of drug-likeness (QED) is 0.773. The van der Waals surface area contributed by atoms with E-state index < -0.39 is 0 Å². The van der Waals surface area contributed by atoms with Crippen LogP contribution in [-0.2, 0) is 0 Å². The fourth-order valence-electron chi connectivity index (χ4n) is 5.06. The molecule has 3 heterocycles. The van der Waals surface area contributed by atoms with Gasteiger partial charge in [0.05, 0.1) is 0 Å². The number of likely N-dealkylation sites (tertiary alicyclic amines) is 3. The van der Waals surface area contributed by atoms with Gasteiger partial charge in [-0.3, -0.25) is 9.80 Å². The normalized spacial score (nSPS) is 33.5. The zero-order valence-electron chi connectivity index (χ0n) is 16.7. The lowest BCUT2D eigenvalue weighted by Crippen LogP contribution is -2.76. The van der Waals surface area contributed by atoms with Crippen molar-refractivity contribution in [1.82, 2.24) is 14.7 Å². The van der Waals surface area contributed by atoms with Crippen LogP contribution in [0.5, 0.6) is 0 Å². The van der Waals surface area contributed by atoms with Gasteiger partial charge in [0.2, 0.25) is 0 Å². The van der Waals surface area contributed by atoms with Crippen LogP contribution < -0.4 is 0 Å². The van der Waals surface area contributed by atoms with E-state index in [1.54, 1.807) is 0 Å². The van der Waals surface area contributed by atoms with E-state index in [1.807, 2.05) is 0 Å². The molecule has 0 saturated carbocycles. The second-order valence-electron chi connectivity index (χ2n) is 11.1. The molecule has 0 radical (unpaired) electrons. The Morgan fingerprint density at radius 1 is 0.957 bits per heavy atom.